The third-order valence-electron chi connectivity index (χ3n) is 4.33. The van der Waals surface area contributed by atoms with Crippen LogP contribution in [0.15, 0.2) is 47.4 Å². The Balaban J connectivity index is 1.97. The molecule has 11 nitrogen and oxygen atoms in total. The van der Waals surface area contributed by atoms with Gasteiger partial charge in [-0.25, -0.2) is 17.9 Å². The molecule has 12 heteroatoms. The molecule has 0 unspecified atom stereocenters. The highest BCUT2D eigenvalue weighted by molar-refractivity contribution is 7.92. The number of rotatable bonds is 7. The van der Waals surface area contributed by atoms with Crippen LogP contribution in [-0.4, -0.2) is 39.4 Å². The second-order valence-electron chi connectivity index (χ2n) is 6.32. The number of hydrogen-bond acceptors (Lipinski definition) is 7. The van der Waals surface area contributed by atoms with Crippen molar-refractivity contribution < 1.29 is 23.2 Å². The Hall–Kier alpha value is -3.80. The van der Waals surface area contributed by atoms with Gasteiger partial charge in [0.25, 0.3) is 15.7 Å². The van der Waals surface area contributed by atoms with Crippen LogP contribution in [0.2, 0.25) is 0 Å². The SMILES string of the molecule is CCc1c(C(=O)O)nnn1-c1cccc(NS(=O)(=O)c2ccc(C)c([N+](=O)[O-])c2)c1. The van der Waals surface area contributed by atoms with E-state index >= 15 is 0 Å². The molecule has 30 heavy (non-hydrogen) atoms. The standard InChI is InChI=1S/C18H17N5O6S/c1-3-15-17(18(24)25)19-21-22(15)13-6-4-5-12(9-13)20-30(28,29)14-8-7-11(2)16(10-14)23(26)27/h4-10,20H,3H2,1-2H3,(H,24,25). The van der Waals surface area contributed by atoms with Gasteiger partial charge in [-0.2, -0.15) is 0 Å². The van der Waals surface area contributed by atoms with E-state index in [2.05, 4.69) is 15.0 Å². The molecule has 0 aliphatic heterocycles. The number of nitro groups is 1. The lowest BCUT2D eigenvalue weighted by Gasteiger charge is -2.11. The highest BCUT2D eigenvalue weighted by Crippen LogP contribution is 2.25. The first-order valence-electron chi connectivity index (χ1n) is 8.70. The summed E-state index contributed by atoms with van der Waals surface area (Å²) in [6.45, 7) is 3.26. The van der Waals surface area contributed by atoms with E-state index in [1.807, 2.05) is 0 Å². The lowest BCUT2D eigenvalue weighted by Crippen LogP contribution is -2.14. The average molecular weight is 431 g/mol. The number of carbonyl (C=O) groups is 1. The number of nitrogens with one attached hydrogen (secondary N) is 1. The minimum atomic E-state index is -4.10. The molecule has 0 atom stereocenters. The summed E-state index contributed by atoms with van der Waals surface area (Å²) in [5, 5.41) is 27.8. The Kier molecular flexibility index (Phi) is 5.52. The number of aryl methyl sites for hydroxylation is 1. The molecule has 2 aromatic carbocycles. The van der Waals surface area contributed by atoms with Crippen molar-refractivity contribution >= 4 is 27.4 Å². The number of benzene rings is 2. The monoisotopic (exact) mass is 431 g/mol. The van der Waals surface area contributed by atoms with Crippen LogP contribution in [0.1, 0.15) is 28.7 Å². The number of sulfonamides is 1. The van der Waals surface area contributed by atoms with Gasteiger partial charge in [0.05, 0.1) is 26.9 Å². The predicted molar refractivity (Wildman–Crippen MR) is 106 cm³/mol. The van der Waals surface area contributed by atoms with Gasteiger partial charge < -0.3 is 5.11 Å². The normalized spacial score (nSPS) is 11.3. The van der Waals surface area contributed by atoms with E-state index in [4.69, 9.17) is 0 Å². The molecule has 0 saturated heterocycles. The van der Waals surface area contributed by atoms with Crippen LogP contribution in [0.5, 0.6) is 0 Å². The number of carboxylic acid groups (broad SMARTS) is 1. The van der Waals surface area contributed by atoms with Gasteiger partial charge in [-0.1, -0.05) is 24.3 Å². The first kappa shape index (κ1) is 20.9. The summed E-state index contributed by atoms with van der Waals surface area (Å²) in [6.07, 6.45) is 0.345. The summed E-state index contributed by atoms with van der Waals surface area (Å²) in [5.41, 5.74) is 0.788. The summed E-state index contributed by atoms with van der Waals surface area (Å²) in [4.78, 5) is 21.5. The summed E-state index contributed by atoms with van der Waals surface area (Å²) in [5.74, 6) is -1.21. The van der Waals surface area contributed by atoms with Gasteiger partial charge in [0, 0.05) is 11.6 Å². The Morgan fingerprint density at radius 2 is 2.00 bits per heavy atom. The largest absolute Gasteiger partial charge is 0.476 e. The highest BCUT2D eigenvalue weighted by atomic mass is 32.2. The molecule has 3 rings (SSSR count). The fraction of sp³-hybridized carbons (Fsp3) is 0.167. The van der Waals surface area contributed by atoms with Gasteiger partial charge in [-0.15, -0.1) is 5.10 Å². The molecule has 0 fully saturated rings. The van der Waals surface area contributed by atoms with Crippen LogP contribution >= 0.6 is 0 Å². The first-order valence-corrected chi connectivity index (χ1v) is 10.2. The molecule has 156 valence electrons. The number of aromatic carboxylic acids is 1. The van der Waals surface area contributed by atoms with Gasteiger partial charge >= 0.3 is 5.97 Å². The summed E-state index contributed by atoms with van der Waals surface area (Å²) >= 11 is 0. The molecule has 0 saturated carbocycles. The lowest BCUT2D eigenvalue weighted by atomic mass is 10.2. The molecule has 0 aliphatic rings. The summed E-state index contributed by atoms with van der Waals surface area (Å²) in [6, 6.07) is 9.76. The maximum atomic E-state index is 12.7. The quantitative estimate of drug-likeness (QED) is 0.427. The highest BCUT2D eigenvalue weighted by Gasteiger charge is 2.21. The Morgan fingerprint density at radius 1 is 1.27 bits per heavy atom. The third-order valence-corrected chi connectivity index (χ3v) is 5.71. The van der Waals surface area contributed by atoms with Crippen LogP contribution in [0.25, 0.3) is 5.69 Å². The van der Waals surface area contributed by atoms with Crippen LogP contribution in [0.4, 0.5) is 11.4 Å². The molecule has 3 aromatic rings. The number of nitrogens with zero attached hydrogens (tertiary/aromatic N) is 4. The third kappa shape index (κ3) is 3.98. The van der Waals surface area contributed by atoms with Crippen molar-refractivity contribution in [3.8, 4) is 5.69 Å². The molecule has 0 amide bonds. The van der Waals surface area contributed by atoms with Gasteiger partial charge in [-0.3, -0.25) is 14.8 Å². The summed E-state index contributed by atoms with van der Waals surface area (Å²) < 4.78 is 29.1. The molecule has 0 radical (unpaired) electrons. The van der Waals surface area contributed by atoms with Crippen molar-refractivity contribution in [3.05, 3.63) is 69.5 Å². The first-order chi connectivity index (χ1) is 14.1. The van der Waals surface area contributed by atoms with Crippen molar-refractivity contribution in [1.29, 1.82) is 0 Å². The van der Waals surface area contributed by atoms with E-state index in [-0.39, 0.29) is 22.0 Å². The number of aromatic nitrogens is 3. The molecule has 0 spiro atoms. The van der Waals surface area contributed by atoms with Gasteiger partial charge in [-0.05, 0) is 37.6 Å². The van der Waals surface area contributed by atoms with Crippen LogP contribution in [-0.2, 0) is 16.4 Å². The number of anilines is 1. The zero-order valence-electron chi connectivity index (χ0n) is 15.9. The van der Waals surface area contributed by atoms with Crippen molar-refractivity contribution in [1.82, 2.24) is 15.0 Å². The van der Waals surface area contributed by atoms with E-state index in [1.165, 1.54) is 35.9 Å². The van der Waals surface area contributed by atoms with E-state index < -0.39 is 20.9 Å². The minimum absolute atomic E-state index is 0.171. The van der Waals surface area contributed by atoms with E-state index in [0.29, 0.717) is 23.4 Å². The van der Waals surface area contributed by atoms with Crippen molar-refractivity contribution in [2.75, 3.05) is 4.72 Å². The average Bonchev–Trinajstić information content (AvgIpc) is 3.12. The lowest BCUT2D eigenvalue weighted by molar-refractivity contribution is -0.385. The fourth-order valence-electron chi connectivity index (χ4n) is 2.86. The molecule has 0 aliphatic carbocycles. The maximum absolute atomic E-state index is 12.7. The van der Waals surface area contributed by atoms with Crippen molar-refractivity contribution in [2.24, 2.45) is 0 Å². The fourth-order valence-corrected chi connectivity index (χ4v) is 3.93. The molecule has 1 heterocycles. The second kappa shape index (κ2) is 7.91. The molecular formula is C18H17N5O6S. The van der Waals surface area contributed by atoms with Crippen molar-refractivity contribution in [2.45, 2.75) is 25.2 Å². The smallest absolute Gasteiger partial charge is 0.358 e. The second-order valence-corrected chi connectivity index (χ2v) is 8.00. The minimum Gasteiger partial charge on any atom is -0.476 e. The van der Waals surface area contributed by atoms with Gasteiger partial charge in [0.1, 0.15) is 0 Å². The van der Waals surface area contributed by atoms with E-state index in [9.17, 15) is 28.4 Å². The van der Waals surface area contributed by atoms with Gasteiger partial charge in [0.15, 0.2) is 5.69 Å². The molecule has 2 N–H and O–H groups in total. The Bertz CT molecular complexity index is 1250. The number of hydrogen-bond donors (Lipinski definition) is 2. The van der Waals surface area contributed by atoms with Gasteiger partial charge in [0.2, 0.25) is 0 Å². The predicted octanol–water partition coefficient (Wildman–Crippen LogP) is 2.55. The Labute approximate surface area is 171 Å². The van der Waals surface area contributed by atoms with Crippen LogP contribution < -0.4 is 4.72 Å². The van der Waals surface area contributed by atoms with Crippen LogP contribution in [0.3, 0.4) is 0 Å². The molecule has 0 bridgehead atoms. The van der Waals surface area contributed by atoms with E-state index in [0.717, 1.165) is 6.07 Å². The van der Waals surface area contributed by atoms with Crippen LogP contribution in [0, 0.1) is 17.0 Å². The van der Waals surface area contributed by atoms with Crippen molar-refractivity contribution in [3.63, 3.8) is 0 Å². The Morgan fingerprint density at radius 3 is 2.63 bits per heavy atom. The number of carboxylic acids is 1. The molecule has 1 aromatic heterocycles. The van der Waals surface area contributed by atoms with E-state index in [1.54, 1.807) is 19.1 Å². The summed E-state index contributed by atoms with van der Waals surface area (Å²) in [7, 11) is -4.10. The number of nitro benzene ring substituents is 1. The topological polar surface area (TPSA) is 157 Å². The zero-order chi connectivity index (χ0) is 22.1. The maximum Gasteiger partial charge on any atom is 0.358 e. The zero-order valence-corrected chi connectivity index (χ0v) is 16.8. The molecular weight excluding hydrogens is 414 g/mol.